The average Bonchev–Trinajstić information content (AvgIpc) is 1.00. The molecule has 0 rings (SSSR count). The van der Waals surface area contributed by atoms with Crippen LogP contribution in [0.4, 0.5) is 0 Å². The molecule has 0 amide bonds. The summed E-state index contributed by atoms with van der Waals surface area (Å²) >= 11 is 0.750. The van der Waals surface area contributed by atoms with E-state index in [9.17, 15) is 0 Å². The Labute approximate surface area is 86.9 Å². The van der Waals surface area contributed by atoms with Crippen LogP contribution in [-0.2, 0) is 23.7 Å². The standard InChI is InChI=1S/La.Na.O.Ti.H. The maximum atomic E-state index is 8.25. The Morgan fingerprint density at radius 1 is 1.25 bits per heavy atom. The second-order valence-corrected chi connectivity index (χ2v) is 0. The second kappa shape index (κ2) is 17.3. The molecule has 15 valence electrons. The van der Waals surface area contributed by atoms with Gasteiger partial charge >= 0.3 is 53.3 Å². The number of hydrogen-bond acceptors (Lipinski definition) is 1. The van der Waals surface area contributed by atoms with Gasteiger partial charge in [-0.15, -0.1) is 0 Å². The fraction of sp³-hybridized carbons (Fsp3) is 0. The Hall–Kier alpha value is 2.71. The quantitative estimate of drug-likeness (QED) is 0.496. The fourth-order valence-corrected chi connectivity index (χ4v) is 0. The van der Waals surface area contributed by atoms with Crippen LogP contribution in [0.25, 0.3) is 0 Å². The third-order valence-corrected chi connectivity index (χ3v) is 0. The molecule has 0 aliphatic heterocycles. The van der Waals surface area contributed by atoms with Crippen molar-refractivity contribution < 1.29 is 59.3 Å². The molecule has 0 aliphatic rings. The Morgan fingerprint density at radius 2 is 1.25 bits per heavy atom. The molecule has 0 aromatic rings. The van der Waals surface area contributed by atoms with E-state index in [0.717, 1.165) is 20.4 Å². The SMILES string of the molecule is [La].[NaH].[O]=[Ti]. The molecule has 0 aromatic carbocycles. The zero-order valence-corrected chi connectivity index (χ0v) is 6.67. The van der Waals surface area contributed by atoms with E-state index in [1.807, 2.05) is 0 Å². The predicted molar refractivity (Wildman–Crippen MR) is 7.84 cm³/mol. The van der Waals surface area contributed by atoms with Gasteiger partial charge in [-0.05, 0) is 0 Å². The van der Waals surface area contributed by atoms with E-state index in [4.69, 9.17) is 3.32 Å². The summed E-state index contributed by atoms with van der Waals surface area (Å²) in [6, 6.07) is 0. The van der Waals surface area contributed by atoms with Crippen LogP contribution in [0, 0.1) is 35.6 Å². The monoisotopic (exact) mass is 227 g/mol. The van der Waals surface area contributed by atoms with E-state index in [1.165, 1.54) is 0 Å². The molecule has 0 bridgehead atoms. The first-order valence-electron chi connectivity index (χ1n) is 0.204. The van der Waals surface area contributed by atoms with Crippen molar-refractivity contribution in [1.29, 1.82) is 0 Å². The van der Waals surface area contributed by atoms with Crippen molar-refractivity contribution in [1.82, 2.24) is 0 Å². The molecule has 4 heavy (non-hydrogen) atoms. The van der Waals surface area contributed by atoms with Crippen LogP contribution in [-0.4, -0.2) is 29.6 Å². The van der Waals surface area contributed by atoms with E-state index in [1.54, 1.807) is 0 Å². The summed E-state index contributed by atoms with van der Waals surface area (Å²) in [7, 11) is 0. The Morgan fingerprint density at radius 3 is 1.25 bits per heavy atom. The molecule has 0 atom stereocenters. The van der Waals surface area contributed by atoms with Crippen LogP contribution < -0.4 is 0 Å². The normalized spacial score (nSPS) is 0.750. The van der Waals surface area contributed by atoms with Crippen molar-refractivity contribution in [2.75, 3.05) is 0 Å². The van der Waals surface area contributed by atoms with Crippen molar-refractivity contribution in [2.45, 2.75) is 0 Å². The fourth-order valence-electron chi connectivity index (χ4n) is 0. The van der Waals surface area contributed by atoms with Crippen LogP contribution in [0.5, 0.6) is 0 Å². The molecular formula is HLaNaOTi. The summed E-state index contributed by atoms with van der Waals surface area (Å²) in [5.74, 6) is 0. The topological polar surface area (TPSA) is 17.1 Å². The molecule has 0 saturated heterocycles. The predicted octanol–water partition coefficient (Wildman–Crippen LogP) is -0.770. The molecule has 1 nitrogen and oxygen atoms in total. The third-order valence-electron chi connectivity index (χ3n) is 0. The molecule has 0 aliphatic carbocycles. The van der Waals surface area contributed by atoms with E-state index < -0.39 is 0 Å². The summed E-state index contributed by atoms with van der Waals surface area (Å²) in [5.41, 5.74) is 0. The van der Waals surface area contributed by atoms with Crippen molar-refractivity contribution in [3.63, 3.8) is 0 Å². The van der Waals surface area contributed by atoms with Gasteiger partial charge in [0, 0.05) is 35.6 Å². The third kappa shape index (κ3) is 8.83. The Kier molecular flexibility index (Phi) is 68.5. The van der Waals surface area contributed by atoms with Gasteiger partial charge in [0.05, 0.1) is 0 Å². The summed E-state index contributed by atoms with van der Waals surface area (Å²) in [5, 5.41) is 0. The van der Waals surface area contributed by atoms with Gasteiger partial charge in [0.15, 0.2) is 0 Å². The van der Waals surface area contributed by atoms with Crippen molar-refractivity contribution in [3.8, 4) is 0 Å². The van der Waals surface area contributed by atoms with Gasteiger partial charge in [0.25, 0.3) is 0 Å². The van der Waals surface area contributed by atoms with Gasteiger partial charge in [0.1, 0.15) is 0 Å². The second-order valence-electron chi connectivity index (χ2n) is 0. The zero-order chi connectivity index (χ0) is 2.00. The van der Waals surface area contributed by atoms with Gasteiger partial charge in [-0.2, -0.15) is 0 Å². The van der Waals surface area contributed by atoms with Crippen molar-refractivity contribution in [3.05, 3.63) is 0 Å². The molecular weight excluding hydrogens is 226 g/mol. The van der Waals surface area contributed by atoms with Gasteiger partial charge in [-0.1, -0.05) is 0 Å². The maximum absolute atomic E-state index is 8.25. The van der Waals surface area contributed by atoms with Crippen LogP contribution in [0.15, 0.2) is 0 Å². The van der Waals surface area contributed by atoms with Crippen LogP contribution >= 0.6 is 0 Å². The Balaban J connectivity index is -0.00000000500. The molecule has 0 spiro atoms. The molecule has 0 N–H and O–H groups in total. The first-order chi connectivity index (χ1) is 1.00. The van der Waals surface area contributed by atoms with Crippen molar-refractivity contribution in [2.24, 2.45) is 0 Å². The van der Waals surface area contributed by atoms with Gasteiger partial charge in [0.2, 0.25) is 0 Å². The van der Waals surface area contributed by atoms with Gasteiger partial charge < -0.3 is 0 Å². The van der Waals surface area contributed by atoms with E-state index >= 15 is 0 Å². The molecule has 0 unspecified atom stereocenters. The van der Waals surface area contributed by atoms with Crippen LogP contribution in [0.1, 0.15) is 0 Å². The first kappa shape index (κ1) is 15.9. The summed E-state index contributed by atoms with van der Waals surface area (Å²) in [6.07, 6.45) is 0. The van der Waals surface area contributed by atoms with E-state index in [0.29, 0.717) is 0 Å². The molecule has 0 aromatic heterocycles. The number of hydrogen-bond donors (Lipinski definition) is 0. The minimum absolute atomic E-state index is 0. The number of rotatable bonds is 0. The van der Waals surface area contributed by atoms with Gasteiger partial charge in [-0.25, -0.2) is 0 Å². The van der Waals surface area contributed by atoms with Crippen LogP contribution in [0.3, 0.4) is 0 Å². The average molecular weight is 227 g/mol. The molecule has 1 radical (unpaired) electrons. The minimum atomic E-state index is 0. The van der Waals surface area contributed by atoms with Crippen molar-refractivity contribution >= 4 is 29.6 Å². The summed E-state index contributed by atoms with van der Waals surface area (Å²) in [4.78, 5) is 0. The van der Waals surface area contributed by atoms with Gasteiger partial charge in [-0.3, -0.25) is 0 Å². The summed E-state index contributed by atoms with van der Waals surface area (Å²) in [6.45, 7) is 0. The molecule has 0 saturated carbocycles. The first-order valence-corrected chi connectivity index (χ1v) is 0.842. The Bertz CT molecular complexity index is 8.00. The molecule has 0 fully saturated rings. The van der Waals surface area contributed by atoms with E-state index in [2.05, 4.69) is 0 Å². The summed E-state index contributed by atoms with van der Waals surface area (Å²) < 4.78 is 8.25. The van der Waals surface area contributed by atoms with E-state index in [-0.39, 0.29) is 65.2 Å². The zero-order valence-electron chi connectivity index (χ0n) is 1.49. The molecule has 0 heterocycles. The molecule has 4 heteroatoms. The van der Waals surface area contributed by atoms with Crippen LogP contribution in [0.2, 0.25) is 0 Å².